The fourth-order valence-electron chi connectivity index (χ4n) is 10.5. The number of para-hydroxylation sites is 2. The van der Waals surface area contributed by atoms with Crippen molar-refractivity contribution in [3.05, 3.63) is 199 Å². The third kappa shape index (κ3) is 8.13. The Morgan fingerprint density at radius 1 is 0.667 bits per heavy atom. The summed E-state index contributed by atoms with van der Waals surface area (Å²) in [6.07, 6.45) is 5.74. The van der Waals surface area contributed by atoms with Crippen LogP contribution in [0.5, 0.6) is 0 Å². The first kappa shape index (κ1) is 43.4. The van der Waals surface area contributed by atoms with Crippen molar-refractivity contribution < 1.29 is 26.9 Å². The second kappa shape index (κ2) is 17.6. The summed E-state index contributed by atoms with van der Waals surface area (Å²) in [6.45, 7) is 11.5. The first-order chi connectivity index (χ1) is 33.4. The number of nitrogens with zero attached hydrogens (tertiary/aromatic N) is 3. The van der Waals surface area contributed by atoms with Crippen molar-refractivity contribution in [3.63, 3.8) is 0 Å². The van der Waals surface area contributed by atoms with E-state index in [1.165, 1.54) is 16.7 Å². The van der Waals surface area contributed by atoms with Gasteiger partial charge in [-0.3, -0.25) is 9.97 Å². The molecule has 0 spiro atoms. The Bertz CT molecular complexity index is 3740. The Hall–Kier alpha value is -6.87. The van der Waals surface area contributed by atoms with Crippen molar-refractivity contribution in [1.82, 2.24) is 14.5 Å². The van der Waals surface area contributed by atoms with Gasteiger partial charge < -0.3 is 8.98 Å². The van der Waals surface area contributed by atoms with Gasteiger partial charge in [0.2, 0.25) is 0 Å². The summed E-state index contributed by atoms with van der Waals surface area (Å²) >= 11 is 0. The summed E-state index contributed by atoms with van der Waals surface area (Å²) in [5.74, 6) is 0.210. The molecule has 0 radical (unpaired) electrons. The second-order valence-electron chi connectivity index (χ2n) is 20.4. The first-order valence-electron chi connectivity index (χ1n) is 24.5. The van der Waals surface area contributed by atoms with Crippen LogP contribution in [0.2, 0.25) is 0 Å². The summed E-state index contributed by atoms with van der Waals surface area (Å²) in [6, 6.07) is 67.7. The quantitative estimate of drug-likeness (QED) is 0.149. The van der Waals surface area contributed by atoms with E-state index < -0.39 is 5.89 Å². The maximum atomic E-state index is 9.42. The molecule has 340 valence electrons. The monoisotopic (exact) mass is 1080 g/mol. The van der Waals surface area contributed by atoms with Crippen LogP contribution in [0, 0.1) is 17.5 Å². The standard InChI is InChI=1S/C64H53N3O.Pt/c1-63(2,3)54-38-45(41-15-7-6-8-16-41)29-31-57(54)67-58-23-10-9-22-56(58)66-62(67)53-40-52-49(47-17-13-18-48(37-47)55-21-11-12-36-65-55)19-14-20-50(52)60-51-30-28-46(39-59(51)68-61(53)60)43-26-24-42(25-27-43)44-32-34-64(4,5)35-33-44;/h6-31,36,38-39,44H,32-35H2,1-5H3;/q-2;+2/i44D;. The molecule has 0 atom stereocenters. The zero-order valence-electron chi connectivity index (χ0n) is 40.6. The van der Waals surface area contributed by atoms with Crippen molar-refractivity contribution >= 4 is 43.7 Å². The molecule has 1 aliphatic rings. The van der Waals surface area contributed by atoms with Gasteiger partial charge in [0.25, 0.3) is 0 Å². The van der Waals surface area contributed by atoms with Crippen LogP contribution in [0.3, 0.4) is 0 Å². The van der Waals surface area contributed by atoms with E-state index in [9.17, 15) is 1.37 Å². The van der Waals surface area contributed by atoms with Crippen molar-refractivity contribution in [2.24, 2.45) is 5.41 Å². The number of rotatable bonds is 7. The molecular formula is C64H53N3OPt. The Balaban J connectivity index is 0.00000533. The van der Waals surface area contributed by atoms with Gasteiger partial charge in [-0.25, -0.2) is 0 Å². The first-order valence-corrected chi connectivity index (χ1v) is 24.0. The molecule has 69 heavy (non-hydrogen) atoms. The Labute approximate surface area is 420 Å². The van der Waals surface area contributed by atoms with Gasteiger partial charge in [0, 0.05) is 24.3 Å². The molecule has 1 fully saturated rings. The van der Waals surface area contributed by atoms with Crippen molar-refractivity contribution in [3.8, 4) is 61.7 Å². The maximum absolute atomic E-state index is 9.42. The van der Waals surface area contributed by atoms with Crippen molar-refractivity contribution in [2.75, 3.05) is 0 Å². The van der Waals surface area contributed by atoms with Gasteiger partial charge in [-0.1, -0.05) is 166 Å². The van der Waals surface area contributed by atoms with Gasteiger partial charge in [-0.05, 0) is 123 Å². The number of hydrogen-bond acceptors (Lipinski definition) is 3. The van der Waals surface area contributed by atoms with E-state index in [0.717, 1.165) is 126 Å². The molecule has 0 unspecified atom stereocenters. The van der Waals surface area contributed by atoms with Crippen LogP contribution in [0.25, 0.3) is 105 Å². The molecule has 5 heteroatoms. The number of fused-ring (bicyclic) bond motifs is 6. The van der Waals surface area contributed by atoms with Gasteiger partial charge in [0.1, 0.15) is 5.58 Å². The Kier molecular flexibility index (Phi) is 11.1. The fraction of sp³-hybridized carbons (Fsp3) is 0.188. The average molecular weight is 1080 g/mol. The van der Waals surface area contributed by atoms with Crippen LogP contribution in [0.1, 0.15) is 78.7 Å². The summed E-state index contributed by atoms with van der Waals surface area (Å²) in [5, 5.41) is 4.04. The van der Waals surface area contributed by atoms with Crippen LogP contribution in [-0.4, -0.2) is 14.5 Å². The molecule has 0 bridgehead atoms. The number of imidazole rings is 1. The number of furan rings is 1. The topological polar surface area (TPSA) is 43.9 Å². The van der Waals surface area contributed by atoms with Crippen LogP contribution in [0.4, 0.5) is 0 Å². The molecule has 8 aromatic carbocycles. The summed E-state index contributed by atoms with van der Waals surface area (Å²) in [5.41, 5.74) is 15.9. The largest absolute Gasteiger partial charge is 2.00 e. The molecule has 3 heterocycles. The third-order valence-electron chi connectivity index (χ3n) is 14.3. The van der Waals surface area contributed by atoms with Crippen LogP contribution in [0.15, 0.2) is 180 Å². The molecule has 0 aliphatic heterocycles. The molecule has 4 nitrogen and oxygen atoms in total. The number of aromatic nitrogens is 3. The van der Waals surface area contributed by atoms with Gasteiger partial charge in [-0.2, -0.15) is 0 Å². The zero-order valence-corrected chi connectivity index (χ0v) is 41.9. The van der Waals surface area contributed by atoms with E-state index in [-0.39, 0.29) is 26.5 Å². The molecule has 0 amide bonds. The minimum Gasteiger partial charge on any atom is -0.491 e. The molecule has 1 saturated carbocycles. The minimum absolute atomic E-state index is 0. The van der Waals surface area contributed by atoms with Gasteiger partial charge in [-0.15, -0.1) is 41.3 Å². The number of benzene rings is 8. The second-order valence-corrected chi connectivity index (χ2v) is 20.4. The molecule has 1 aliphatic carbocycles. The summed E-state index contributed by atoms with van der Waals surface area (Å²) in [4.78, 5) is 10.2. The smallest absolute Gasteiger partial charge is 0.491 e. The molecule has 11 aromatic rings. The predicted molar refractivity (Wildman–Crippen MR) is 282 cm³/mol. The van der Waals surface area contributed by atoms with E-state index in [0.29, 0.717) is 5.41 Å². The zero-order chi connectivity index (χ0) is 47.1. The maximum Gasteiger partial charge on any atom is 2.00 e. The fourth-order valence-corrected chi connectivity index (χ4v) is 10.5. The SMILES string of the molecule is [2H]C1(c2ccc(-c3ccc4c(c3)oc3c(-c5nc6ccccc6n5-c5ccc(-c6ccccc6)cc5C(C)(C)C)[c-]c5c(-c6[c-]c(-c7ccccn7)ccc6)cccc5c34)cc2)CCC(C)(C)CC1.[Pt+2]. The molecular weight excluding hydrogens is 1020 g/mol. The number of hydrogen-bond donors (Lipinski definition) is 0. The average Bonchev–Trinajstić information content (AvgIpc) is 3.96. The van der Waals surface area contributed by atoms with Crippen LogP contribution >= 0.6 is 0 Å². The molecule has 0 saturated heterocycles. The van der Waals surface area contributed by atoms with E-state index in [4.69, 9.17) is 9.40 Å². The van der Waals surface area contributed by atoms with E-state index >= 15 is 0 Å². The van der Waals surface area contributed by atoms with Gasteiger partial charge in [0.05, 0.1) is 22.4 Å². The normalized spacial score (nSPS) is 14.8. The van der Waals surface area contributed by atoms with Crippen molar-refractivity contribution in [1.29, 1.82) is 0 Å². The van der Waals surface area contributed by atoms with E-state index in [1.807, 2.05) is 24.4 Å². The van der Waals surface area contributed by atoms with Gasteiger partial charge >= 0.3 is 21.1 Å². The van der Waals surface area contributed by atoms with Crippen LogP contribution < -0.4 is 0 Å². The number of pyridine rings is 1. The predicted octanol–water partition coefficient (Wildman–Crippen LogP) is 17.4. The molecule has 0 N–H and O–H groups in total. The van der Waals surface area contributed by atoms with Crippen LogP contribution in [-0.2, 0) is 26.5 Å². The Morgan fingerprint density at radius 2 is 1.36 bits per heavy atom. The van der Waals surface area contributed by atoms with E-state index in [2.05, 4.69) is 208 Å². The third-order valence-corrected chi connectivity index (χ3v) is 14.3. The molecule has 12 rings (SSSR count). The summed E-state index contributed by atoms with van der Waals surface area (Å²) in [7, 11) is 0. The van der Waals surface area contributed by atoms with Gasteiger partial charge in [0.15, 0.2) is 0 Å². The minimum atomic E-state index is -0.546. The Morgan fingerprint density at radius 3 is 2.14 bits per heavy atom. The molecule has 3 aromatic heterocycles. The summed E-state index contributed by atoms with van der Waals surface area (Å²) < 4.78 is 19.0. The van der Waals surface area contributed by atoms with E-state index in [1.54, 1.807) is 0 Å². The van der Waals surface area contributed by atoms with Crippen molar-refractivity contribution in [2.45, 2.75) is 71.6 Å².